The minimum atomic E-state index is 0.121. The fraction of sp³-hybridized carbons (Fsp3) is 0.429. The highest BCUT2D eigenvalue weighted by atomic mass is 79.9. The summed E-state index contributed by atoms with van der Waals surface area (Å²) in [7, 11) is 0. The molecule has 2 heterocycles. The van der Waals surface area contributed by atoms with E-state index in [2.05, 4.69) is 39.4 Å². The Labute approximate surface area is 169 Å². The molecule has 1 amide bonds. The van der Waals surface area contributed by atoms with Crippen LogP contribution in [-0.4, -0.2) is 58.2 Å². The molecule has 0 atom stereocenters. The number of amides is 1. The van der Waals surface area contributed by atoms with Crippen LogP contribution in [-0.2, 0) is 6.54 Å². The molecule has 6 heteroatoms. The van der Waals surface area contributed by atoms with Gasteiger partial charge in [-0.05, 0) is 53.9 Å². The highest BCUT2D eigenvalue weighted by molar-refractivity contribution is 9.10. The van der Waals surface area contributed by atoms with Gasteiger partial charge in [-0.15, -0.1) is 6.58 Å². The van der Waals surface area contributed by atoms with Crippen LogP contribution in [0.1, 0.15) is 33.7 Å². The van der Waals surface area contributed by atoms with Crippen LogP contribution < -0.4 is 0 Å². The zero-order chi connectivity index (χ0) is 19.4. The van der Waals surface area contributed by atoms with Gasteiger partial charge in [-0.2, -0.15) is 5.10 Å². The molecule has 0 aliphatic carbocycles. The molecule has 0 N–H and O–H groups in total. The SMILES string of the molecule is C=CCN1CCCN(C(=O)c2ccc(Cn3nc(C)c(Br)c3C)cc2)CC1. The second-order valence-electron chi connectivity index (χ2n) is 7.07. The summed E-state index contributed by atoms with van der Waals surface area (Å²) in [5, 5.41) is 4.55. The van der Waals surface area contributed by atoms with E-state index in [9.17, 15) is 4.79 Å². The van der Waals surface area contributed by atoms with Crippen molar-refractivity contribution in [3.05, 3.63) is 63.9 Å². The highest BCUT2D eigenvalue weighted by Crippen LogP contribution is 2.21. The molecule has 0 unspecified atom stereocenters. The third kappa shape index (κ3) is 4.68. The summed E-state index contributed by atoms with van der Waals surface area (Å²) in [6.45, 7) is 13.0. The molecule has 0 spiro atoms. The lowest BCUT2D eigenvalue weighted by molar-refractivity contribution is 0.0762. The van der Waals surface area contributed by atoms with Crippen molar-refractivity contribution in [3.63, 3.8) is 0 Å². The van der Waals surface area contributed by atoms with Crippen molar-refractivity contribution >= 4 is 21.8 Å². The van der Waals surface area contributed by atoms with Crippen molar-refractivity contribution in [3.8, 4) is 0 Å². The minimum absolute atomic E-state index is 0.121. The predicted molar refractivity (Wildman–Crippen MR) is 112 cm³/mol. The Morgan fingerprint density at radius 2 is 1.93 bits per heavy atom. The Bertz CT molecular complexity index is 812. The maximum atomic E-state index is 12.9. The first-order chi connectivity index (χ1) is 13.0. The van der Waals surface area contributed by atoms with Crippen LogP contribution in [0.3, 0.4) is 0 Å². The maximum Gasteiger partial charge on any atom is 0.253 e. The Morgan fingerprint density at radius 3 is 2.56 bits per heavy atom. The van der Waals surface area contributed by atoms with Crippen molar-refractivity contribution in [1.29, 1.82) is 0 Å². The van der Waals surface area contributed by atoms with Gasteiger partial charge in [0.2, 0.25) is 0 Å². The Balaban J connectivity index is 1.65. The van der Waals surface area contributed by atoms with E-state index >= 15 is 0 Å². The minimum Gasteiger partial charge on any atom is -0.337 e. The first-order valence-electron chi connectivity index (χ1n) is 9.40. The summed E-state index contributed by atoms with van der Waals surface area (Å²) in [4.78, 5) is 17.2. The summed E-state index contributed by atoms with van der Waals surface area (Å²) in [6.07, 6.45) is 2.93. The fourth-order valence-corrected chi connectivity index (χ4v) is 3.76. The Hall–Kier alpha value is -1.92. The molecule has 3 rings (SSSR count). The normalized spacial score (nSPS) is 15.6. The van der Waals surface area contributed by atoms with Gasteiger partial charge in [-0.25, -0.2) is 0 Å². The number of halogens is 1. The van der Waals surface area contributed by atoms with Gasteiger partial charge in [0.25, 0.3) is 5.91 Å². The summed E-state index contributed by atoms with van der Waals surface area (Å²) in [5.41, 5.74) is 4.00. The van der Waals surface area contributed by atoms with Crippen LogP contribution in [0.4, 0.5) is 0 Å². The zero-order valence-electron chi connectivity index (χ0n) is 16.1. The quantitative estimate of drug-likeness (QED) is 0.679. The predicted octanol–water partition coefficient (Wildman–Crippen LogP) is 3.64. The number of rotatable bonds is 5. The van der Waals surface area contributed by atoms with Crippen molar-refractivity contribution in [2.75, 3.05) is 32.7 Å². The number of carbonyl (C=O) groups excluding carboxylic acids is 1. The van der Waals surface area contributed by atoms with E-state index in [-0.39, 0.29) is 5.91 Å². The second kappa shape index (κ2) is 8.85. The van der Waals surface area contributed by atoms with E-state index in [0.29, 0.717) is 6.54 Å². The van der Waals surface area contributed by atoms with Gasteiger partial charge < -0.3 is 4.90 Å². The number of aromatic nitrogens is 2. The zero-order valence-corrected chi connectivity index (χ0v) is 17.7. The van der Waals surface area contributed by atoms with Crippen LogP contribution in [0.25, 0.3) is 0 Å². The second-order valence-corrected chi connectivity index (χ2v) is 7.87. The lowest BCUT2D eigenvalue weighted by Gasteiger charge is -2.21. The van der Waals surface area contributed by atoms with Gasteiger partial charge in [0, 0.05) is 38.3 Å². The molecule has 1 fully saturated rings. The van der Waals surface area contributed by atoms with Crippen LogP contribution in [0, 0.1) is 13.8 Å². The molecule has 1 aliphatic rings. The van der Waals surface area contributed by atoms with Gasteiger partial charge in [0.05, 0.1) is 22.4 Å². The summed E-state index contributed by atoms with van der Waals surface area (Å²) in [5.74, 6) is 0.121. The van der Waals surface area contributed by atoms with Gasteiger partial charge in [-0.1, -0.05) is 18.2 Å². The molecule has 144 valence electrons. The van der Waals surface area contributed by atoms with E-state index in [1.165, 1.54) is 0 Å². The topological polar surface area (TPSA) is 41.4 Å². The fourth-order valence-electron chi connectivity index (χ4n) is 3.48. The molecule has 27 heavy (non-hydrogen) atoms. The van der Waals surface area contributed by atoms with Gasteiger partial charge in [0.1, 0.15) is 0 Å². The molecular formula is C21H27BrN4O. The number of hydrogen-bond acceptors (Lipinski definition) is 3. The Morgan fingerprint density at radius 1 is 1.19 bits per heavy atom. The van der Waals surface area contributed by atoms with Crippen LogP contribution >= 0.6 is 15.9 Å². The van der Waals surface area contributed by atoms with Crippen molar-refractivity contribution in [1.82, 2.24) is 19.6 Å². The van der Waals surface area contributed by atoms with Crippen molar-refractivity contribution in [2.24, 2.45) is 0 Å². The molecule has 1 saturated heterocycles. The largest absolute Gasteiger partial charge is 0.337 e. The standard InChI is InChI=1S/C21H27BrN4O/c1-4-10-24-11-5-12-25(14-13-24)21(27)19-8-6-18(7-9-19)15-26-17(3)20(22)16(2)23-26/h4,6-9H,1,5,10-15H2,2-3H3. The van der Waals surface area contributed by atoms with E-state index < -0.39 is 0 Å². The number of carbonyl (C=O) groups is 1. The third-order valence-electron chi connectivity index (χ3n) is 5.09. The third-order valence-corrected chi connectivity index (χ3v) is 6.24. The van der Waals surface area contributed by atoms with Crippen molar-refractivity contribution in [2.45, 2.75) is 26.8 Å². The maximum absolute atomic E-state index is 12.9. The van der Waals surface area contributed by atoms with Crippen LogP contribution in [0.2, 0.25) is 0 Å². The molecule has 1 aromatic heterocycles. The lowest BCUT2D eigenvalue weighted by atomic mass is 10.1. The first kappa shape index (κ1) is 19.8. The van der Waals surface area contributed by atoms with Gasteiger partial charge >= 0.3 is 0 Å². The van der Waals surface area contributed by atoms with Gasteiger partial charge in [0.15, 0.2) is 0 Å². The van der Waals surface area contributed by atoms with E-state index in [0.717, 1.165) is 66.1 Å². The lowest BCUT2D eigenvalue weighted by Crippen LogP contribution is -2.35. The molecular weight excluding hydrogens is 404 g/mol. The van der Waals surface area contributed by atoms with E-state index in [4.69, 9.17) is 0 Å². The smallest absolute Gasteiger partial charge is 0.253 e. The first-order valence-corrected chi connectivity index (χ1v) is 10.2. The summed E-state index contributed by atoms with van der Waals surface area (Å²) >= 11 is 3.57. The molecule has 0 radical (unpaired) electrons. The summed E-state index contributed by atoms with van der Waals surface area (Å²) in [6, 6.07) is 7.93. The van der Waals surface area contributed by atoms with E-state index in [1.807, 2.05) is 46.8 Å². The number of aryl methyl sites for hydroxylation is 1. The number of benzene rings is 1. The average molecular weight is 431 g/mol. The number of hydrogen-bond donors (Lipinski definition) is 0. The summed E-state index contributed by atoms with van der Waals surface area (Å²) < 4.78 is 3.04. The molecule has 0 bridgehead atoms. The van der Waals surface area contributed by atoms with E-state index in [1.54, 1.807) is 0 Å². The van der Waals surface area contributed by atoms with Crippen molar-refractivity contribution < 1.29 is 4.79 Å². The molecule has 5 nitrogen and oxygen atoms in total. The average Bonchev–Trinajstić information content (AvgIpc) is 2.85. The number of nitrogens with zero attached hydrogens (tertiary/aromatic N) is 4. The Kier molecular flexibility index (Phi) is 6.50. The monoisotopic (exact) mass is 430 g/mol. The van der Waals surface area contributed by atoms with Gasteiger partial charge in [-0.3, -0.25) is 14.4 Å². The molecule has 2 aromatic rings. The molecule has 1 aliphatic heterocycles. The molecule has 1 aromatic carbocycles. The molecule has 0 saturated carbocycles. The van der Waals surface area contributed by atoms with Crippen LogP contribution in [0.5, 0.6) is 0 Å². The van der Waals surface area contributed by atoms with Crippen LogP contribution in [0.15, 0.2) is 41.4 Å². The highest BCUT2D eigenvalue weighted by Gasteiger charge is 2.19.